The van der Waals surface area contributed by atoms with Crippen LogP contribution in [0.4, 0.5) is 0 Å². The van der Waals surface area contributed by atoms with Crippen LogP contribution in [0.15, 0.2) is 18.2 Å². The number of fused-ring (bicyclic) bond motifs is 3. The van der Waals surface area contributed by atoms with E-state index in [4.69, 9.17) is 4.74 Å². The summed E-state index contributed by atoms with van der Waals surface area (Å²) in [6.07, 6.45) is 1.19. The summed E-state index contributed by atoms with van der Waals surface area (Å²) in [5.74, 6) is 0.0317. The van der Waals surface area contributed by atoms with Crippen molar-refractivity contribution in [1.29, 1.82) is 0 Å². The molecule has 100 valence electrons. The second-order valence-electron chi connectivity index (χ2n) is 4.78. The number of rotatable bonds is 2. The maximum Gasteiger partial charge on any atom is 0.307 e. The number of benzene rings is 1. The van der Waals surface area contributed by atoms with Crippen molar-refractivity contribution < 1.29 is 14.6 Å². The molecule has 3 N–H and O–H groups in total. The number of carbonyl (C=O) groups excluding carboxylic acids is 1. The van der Waals surface area contributed by atoms with Crippen LogP contribution in [0.1, 0.15) is 23.7 Å². The van der Waals surface area contributed by atoms with Crippen LogP contribution in [0, 0.1) is 0 Å². The third-order valence-electron chi connectivity index (χ3n) is 3.64. The lowest BCUT2D eigenvalue weighted by atomic mass is 9.97. The van der Waals surface area contributed by atoms with Gasteiger partial charge in [0.1, 0.15) is 5.75 Å². The second-order valence-corrected chi connectivity index (χ2v) is 4.78. The molecular formula is C14H16N2O3. The molecule has 3 rings (SSSR count). The quantitative estimate of drug-likeness (QED) is 0.717. The molecule has 1 aliphatic rings. The number of phenolic OH excluding ortho intramolecular Hbond substituents is 1. The lowest BCUT2D eigenvalue weighted by molar-refractivity contribution is -0.141. The average molecular weight is 260 g/mol. The van der Waals surface area contributed by atoms with Gasteiger partial charge in [-0.1, -0.05) is 0 Å². The summed E-state index contributed by atoms with van der Waals surface area (Å²) in [6, 6.07) is 5.24. The molecule has 1 aliphatic heterocycles. The van der Waals surface area contributed by atoms with E-state index in [9.17, 15) is 9.90 Å². The number of aromatic hydroxyl groups is 1. The highest BCUT2D eigenvalue weighted by atomic mass is 16.5. The Morgan fingerprint density at radius 3 is 3.16 bits per heavy atom. The molecule has 2 heterocycles. The number of aromatic amines is 1. The monoisotopic (exact) mass is 260 g/mol. The number of carbonyl (C=O) groups is 1. The number of ether oxygens (including phenoxy) is 1. The van der Waals surface area contributed by atoms with Crippen LogP contribution in [-0.4, -0.2) is 29.7 Å². The van der Waals surface area contributed by atoms with Crippen molar-refractivity contribution in [1.82, 2.24) is 10.3 Å². The fourth-order valence-corrected chi connectivity index (χ4v) is 2.72. The number of hydrogen-bond acceptors (Lipinski definition) is 4. The Morgan fingerprint density at radius 1 is 1.53 bits per heavy atom. The molecule has 0 bridgehead atoms. The number of H-pyrrole nitrogens is 1. The van der Waals surface area contributed by atoms with Crippen LogP contribution in [0.25, 0.3) is 10.9 Å². The average Bonchev–Trinajstić information content (AvgIpc) is 2.78. The van der Waals surface area contributed by atoms with E-state index in [1.165, 1.54) is 12.7 Å². The molecule has 0 spiro atoms. The normalized spacial score (nSPS) is 18.3. The van der Waals surface area contributed by atoms with Crippen LogP contribution in [-0.2, 0) is 16.0 Å². The van der Waals surface area contributed by atoms with Gasteiger partial charge in [-0.3, -0.25) is 4.79 Å². The first-order valence-electron chi connectivity index (χ1n) is 6.32. The highest BCUT2D eigenvalue weighted by Crippen LogP contribution is 2.33. The number of methoxy groups -OCH3 is 1. The van der Waals surface area contributed by atoms with Gasteiger partial charge < -0.3 is 20.1 Å². The summed E-state index contributed by atoms with van der Waals surface area (Å²) in [6.45, 7) is 0.817. The Kier molecular flexibility index (Phi) is 2.91. The van der Waals surface area contributed by atoms with Crippen molar-refractivity contribution in [2.24, 2.45) is 0 Å². The van der Waals surface area contributed by atoms with Crippen molar-refractivity contribution in [3.8, 4) is 5.75 Å². The zero-order valence-electron chi connectivity index (χ0n) is 10.7. The van der Waals surface area contributed by atoms with Gasteiger partial charge in [0.15, 0.2) is 0 Å². The smallest absolute Gasteiger partial charge is 0.307 e. The molecule has 1 aromatic carbocycles. The number of nitrogens with one attached hydrogen (secondary N) is 2. The van der Waals surface area contributed by atoms with Gasteiger partial charge in [0.05, 0.1) is 19.6 Å². The molecular weight excluding hydrogens is 244 g/mol. The molecule has 0 saturated carbocycles. The maximum atomic E-state index is 11.4. The van der Waals surface area contributed by atoms with Gasteiger partial charge in [0.25, 0.3) is 0 Å². The second kappa shape index (κ2) is 4.59. The zero-order valence-corrected chi connectivity index (χ0v) is 10.7. The molecule has 0 aliphatic carbocycles. The van der Waals surface area contributed by atoms with Crippen LogP contribution in [0.2, 0.25) is 0 Å². The van der Waals surface area contributed by atoms with Crippen LogP contribution in [0.5, 0.6) is 5.75 Å². The highest BCUT2D eigenvalue weighted by molar-refractivity contribution is 5.86. The molecule has 1 unspecified atom stereocenters. The summed E-state index contributed by atoms with van der Waals surface area (Å²) in [5.41, 5.74) is 3.19. The van der Waals surface area contributed by atoms with Gasteiger partial charge >= 0.3 is 5.97 Å². The number of phenols is 1. The lowest BCUT2D eigenvalue weighted by Crippen LogP contribution is -2.31. The highest BCUT2D eigenvalue weighted by Gasteiger charge is 2.26. The predicted molar refractivity (Wildman–Crippen MR) is 71.0 cm³/mol. The van der Waals surface area contributed by atoms with Crippen LogP contribution < -0.4 is 5.32 Å². The van der Waals surface area contributed by atoms with E-state index in [1.807, 2.05) is 6.07 Å². The Hall–Kier alpha value is -2.01. The van der Waals surface area contributed by atoms with E-state index in [1.54, 1.807) is 12.1 Å². The summed E-state index contributed by atoms with van der Waals surface area (Å²) >= 11 is 0. The standard InChI is InChI=1S/C14H16N2O3/c1-19-13(18)7-12-14-9(4-5-15-12)10-6-8(17)2-3-11(10)16-14/h2-3,6,12,15-17H,4-5,7H2,1H3. The Bertz CT molecular complexity index is 633. The molecule has 0 amide bonds. The largest absolute Gasteiger partial charge is 0.508 e. The SMILES string of the molecule is COC(=O)CC1NCCc2c1[nH]c1ccc(O)cc21. The Balaban J connectivity index is 2.04. The predicted octanol–water partition coefficient (Wildman–Crippen LogP) is 1.62. The number of hydrogen-bond donors (Lipinski definition) is 3. The van der Waals surface area contributed by atoms with Gasteiger partial charge in [-0.05, 0) is 36.7 Å². The first-order valence-corrected chi connectivity index (χ1v) is 6.32. The fourth-order valence-electron chi connectivity index (χ4n) is 2.72. The van der Waals surface area contributed by atoms with Crippen molar-refractivity contribution in [2.45, 2.75) is 18.9 Å². The van der Waals surface area contributed by atoms with E-state index in [0.29, 0.717) is 6.42 Å². The molecule has 5 nitrogen and oxygen atoms in total. The first kappa shape index (κ1) is 12.0. The van der Waals surface area contributed by atoms with Crippen LogP contribution >= 0.6 is 0 Å². The lowest BCUT2D eigenvalue weighted by Gasteiger charge is -2.23. The summed E-state index contributed by atoms with van der Waals surface area (Å²) < 4.78 is 4.73. The third-order valence-corrected chi connectivity index (χ3v) is 3.64. The van der Waals surface area contributed by atoms with Crippen molar-refractivity contribution in [3.05, 3.63) is 29.5 Å². The van der Waals surface area contributed by atoms with Gasteiger partial charge in [-0.15, -0.1) is 0 Å². The Labute approximate surface area is 110 Å². The Morgan fingerprint density at radius 2 is 2.37 bits per heavy atom. The fraction of sp³-hybridized carbons (Fsp3) is 0.357. The molecule has 1 atom stereocenters. The molecule has 19 heavy (non-hydrogen) atoms. The van der Waals surface area contributed by atoms with Crippen LogP contribution in [0.3, 0.4) is 0 Å². The molecule has 0 fully saturated rings. The molecule has 1 aromatic heterocycles. The minimum atomic E-state index is -0.230. The number of aromatic nitrogens is 1. The van der Waals surface area contributed by atoms with Crippen molar-refractivity contribution >= 4 is 16.9 Å². The summed E-state index contributed by atoms with van der Waals surface area (Å²) in [5, 5.41) is 14.0. The van der Waals surface area contributed by atoms with E-state index in [-0.39, 0.29) is 17.8 Å². The number of esters is 1. The van der Waals surface area contributed by atoms with Gasteiger partial charge in [-0.25, -0.2) is 0 Å². The minimum absolute atomic E-state index is 0.0502. The minimum Gasteiger partial charge on any atom is -0.508 e. The van der Waals surface area contributed by atoms with Crippen molar-refractivity contribution in [2.75, 3.05) is 13.7 Å². The summed E-state index contributed by atoms with van der Waals surface area (Å²) in [7, 11) is 1.40. The van der Waals surface area contributed by atoms with Gasteiger partial charge in [-0.2, -0.15) is 0 Å². The van der Waals surface area contributed by atoms with Crippen molar-refractivity contribution in [3.63, 3.8) is 0 Å². The molecule has 0 radical (unpaired) electrons. The van der Waals surface area contributed by atoms with E-state index in [2.05, 4.69) is 10.3 Å². The summed E-state index contributed by atoms with van der Waals surface area (Å²) in [4.78, 5) is 14.8. The van der Waals surface area contributed by atoms with Gasteiger partial charge in [0.2, 0.25) is 0 Å². The van der Waals surface area contributed by atoms with E-state index < -0.39 is 0 Å². The molecule has 2 aromatic rings. The van der Waals surface area contributed by atoms with Gasteiger partial charge in [0, 0.05) is 16.6 Å². The zero-order chi connectivity index (χ0) is 13.4. The van der Waals surface area contributed by atoms with E-state index >= 15 is 0 Å². The topological polar surface area (TPSA) is 74.3 Å². The third kappa shape index (κ3) is 2.06. The molecule has 0 saturated heterocycles. The van der Waals surface area contributed by atoms with E-state index in [0.717, 1.165) is 29.6 Å². The first-order chi connectivity index (χ1) is 9.19. The maximum absolute atomic E-state index is 11.4. The molecule has 5 heteroatoms.